The molecular weight excluding hydrogens is 287 g/mol. The normalized spacial score (nSPS) is 23.2. The molecule has 1 aromatic rings. The minimum atomic E-state index is -4.48. The van der Waals surface area contributed by atoms with Crippen molar-refractivity contribution in [2.45, 2.75) is 25.3 Å². The molecule has 116 valence electrons. The molecule has 1 fully saturated rings. The highest BCUT2D eigenvalue weighted by Gasteiger charge is 2.32. The third-order valence-electron chi connectivity index (χ3n) is 3.25. The molecule has 1 aromatic carbocycles. The van der Waals surface area contributed by atoms with Gasteiger partial charge in [-0.2, -0.15) is 13.2 Å². The Morgan fingerprint density at radius 3 is 2.76 bits per heavy atom. The van der Waals surface area contributed by atoms with Crippen LogP contribution < -0.4 is 0 Å². The van der Waals surface area contributed by atoms with E-state index in [9.17, 15) is 18.0 Å². The van der Waals surface area contributed by atoms with E-state index in [0.29, 0.717) is 0 Å². The predicted molar refractivity (Wildman–Crippen MR) is 68.8 cm³/mol. The highest BCUT2D eigenvalue weighted by Crippen LogP contribution is 2.30. The number of carbonyl (C=O) groups is 1. The van der Waals surface area contributed by atoms with Gasteiger partial charge in [0.05, 0.1) is 24.4 Å². The molecule has 2 rings (SSSR count). The minimum absolute atomic E-state index is 0.0179. The maximum atomic E-state index is 12.7. The smallest absolute Gasteiger partial charge is 0.394 e. The Balaban J connectivity index is 2.20. The van der Waals surface area contributed by atoms with Crippen LogP contribution in [0.1, 0.15) is 22.8 Å². The summed E-state index contributed by atoms with van der Waals surface area (Å²) in [7, 11) is 0. The zero-order valence-corrected chi connectivity index (χ0v) is 11.4. The van der Waals surface area contributed by atoms with Crippen LogP contribution >= 0.6 is 0 Å². The van der Waals surface area contributed by atoms with Gasteiger partial charge >= 0.3 is 6.18 Å². The van der Waals surface area contributed by atoms with Gasteiger partial charge in [-0.25, -0.2) is 0 Å². The second-order valence-electron chi connectivity index (χ2n) is 5.04. The molecule has 1 N–H and O–H groups in total. The second kappa shape index (κ2) is 6.03. The van der Waals surface area contributed by atoms with Gasteiger partial charge in [-0.3, -0.25) is 4.79 Å². The number of benzene rings is 1. The quantitative estimate of drug-likeness (QED) is 0.908. The Bertz CT molecular complexity index is 518. The summed E-state index contributed by atoms with van der Waals surface area (Å²) in [4.78, 5) is 13.7. The molecule has 1 saturated heterocycles. The van der Waals surface area contributed by atoms with Crippen molar-refractivity contribution >= 4 is 5.91 Å². The van der Waals surface area contributed by atoms with Crippen LogP contribution in [0.25, 0.3) is 0 Å². The monoisotopic (exact) mass is 303 g/mol. The Kier molecular flexibility index (Phi) is 4.53. The maximum absolute atomic E-state index is 12.7. The zero-order valence-electron chi connectivity index (χ0n) is 11.4. The van der Waals surface area contributed by atoms with Crippen LogP contribution in [0.4, 0.5) is 13.2 Å². The van der Waals surface area contributed by atoms with Gasteiger partial charge in [-0.05, 0) is 25.1 Å². The van der Waals surface area contributed by atoms with E-state index in [1.54, 1.807) is 6.92 Å². The molecule has 0 aromatic heterocycles. The summed E-state index contributed by atoms with van der Waals surface area (Å²) < 4.78 is 43.4. The van der Waals surface area contributed by atoms with Gasteiger partial charge in [0, 0.05) is 18.7 Å². The number of halogens is 3. The molecule has 1 heterocycles. The molecule has 1 amide bonds. The number of carbonyl (C=O) groups excluding carboxylic acids is 1. The Hall–Kier alpha value is -1.60. The largest absolute Gasteiger partial charge is 0.416 e. The van der Waals surface area contributed by atoms with Gasteiger partial charge in [-0.15, -0.1) is 0 Å². The first-order valence-electron chi connectivity index (χ1n) is 6.54. The second-order valence-corrected chi connectivity index (χ2v) is 5.04. The summed E-state index contributed by atoms with van der Waals surface area (Å²) in [6.45, 7) is 1.95. The van der Waals surface area contributed by atoms with Gasteiger partial charge < -0.3 is 14.7 Å². The topological polar surface area (TPSA) is 49.8 Å². The number of nitrogens with zero attached hydrogens (tertiary/aromatic N) is 1. The van der Waals surface area contributed by atoms with Crippen LogP contribution in [0.15, 0.2) is 24.3 Å². The molecule has 0 saturated carbocycles. The van der Waals surface area contributed by atoms with Crippen molar-refractivity contribution in [3.63, 3.8) is 0 Å². The number of aliphatic hydroxyl groups is 1. The minimum Gasteiger partial charge on any atom is -0.394 e. The molecule has 0 bridgehead atoms. The van der Waals surface area contributed by atoms with E-state index < -0.39 is 23.8 Å². The van der Waals surface area contributed by atoms with Gasteiger partial charge in [0.2, 0.25) is 0 Å². The average Bonchev–Trinajstić information content (AvgIpc) is 2.45. The molecule has 0 spiro atoms. The number of hydrogen-bond donors (Lipinski definition) is 1. The SMILES string of the molecule is CC1CN(C(=O)c2cccc(C(F)(F)F)c2)CC(CO)O1. The van der Waals surface area contributed by atoms with Gasteiger partial charge in [0.15, 0.2) is 0 Å². The van der Waals surface area contributed by atoms with Crippen LogP contribution in [-0.4, -0.2) is 47.8 Å². The van der Waals surface area contributed by atoms with Crippen molar-refractivity contribution in [3.05, 3.63) is 35.4 Å². The molecule has 1 aliphatic heterocycles. The number of amides is 1. The lowest BCUT2D eigenvalue weighted by Crippen LogP contribution is -2.50. The number of alkyl halides is 3. The first kappa shape index (κ1) is 15.8. The van der Waals surface area contributed by atoms with E-state index in [-0.39, 0.29) is 31.4 Å². The molecule has 4 nitrogen and oxygen atoms in total. The lowest BCUT2D eigenvalue weighted by molar-refractivity contribution is -0.137. The Labute approximate surface area is 120 Å². The lowest BCUT2D eigenvalue weighted by Gasteiger charge is -2.36. The number of hydrogen-bond acceptors (Lipinski definition) is 3. The van der Waals surface area contributed by atoms with E-state index in [1.165, 1.54) is 17.0 Å². The number of rotatable bonds is 2. The molecule has 0 radical (unpaired) electrons. The van der Waals surface area contributed by atoms with Gasteiger partial charge in [-0.1, -0.05) is 6.07 Å². The fourth-order valence-electron chi connectivity index (χ4n) is 2.32. The standard InChI is InChI=1S/C14H16F3NO3/c1-9-6-18(7-12(8-19)21-9)13(20)10-3-2-4-11(5-10)14(15,16)17/h2-5,9,12,19H,6-8H2,1H3. The lowest BCUT2D eigenvalue weighted by atomic mass is 10.1. The third-order valence-corrected chi connectivity index (χ3v) is 3.25. The Morgan fingerprint density at radius 1 is 1.43 bits per heavy atom. The first-order valence-corrected chi connectivity index (χ1v) is 6.54. The number of ether oxygens (including phenoxy) is 1. The summed E-state index contributed by atoms with van der Waals surface area (Å²) in [5, 5.41) is 9.12. The molecule has 21 heavy (non-hydrogen) atoms. The maximum Gasteiger partial charge on any atom is 0.416 e. The van der Waals surface area contributed by atoms with Gasteiger partial charge in [0.25, 0.3) is 5.91 Å². The third kappa shape index (κ3) is 3.74. The summed E-state index contributed by atoms with van der Waals surface area (Å²) in [5.41, 5.74) is -0.871. The molecular formula is C14H16F3NO3. The molecule has 0 aliphatic carbocycles. The van der Waals surface area contributed by atoms with Crippen LogP contribution in [0.3, 0.4) is 0 Å². The summed E-state index contributed by atoms with van der Waals surface area (Å²) in [6.07, 6.45) is -5.27. The Morgan fingerprint density at radius 2 is 2.14 bits per heavy atom. The number of morpholine rings is 1. The highest BCUT2D eigenvalue weighted by atomic mass is 19.4. The van der Waals surface area contributed by atoms with Crippen molar-refractivity contribution < 1.29 is 27.8 Å². The summed E-state index contributed by atoms with van der Waals surface area (Å²) >= 11 is 0. The van der Waals surface area contributed by atoms with Gasteiger partial charge in [0.1, 0.15) is 0 Å². The van der Waals surface area contributed by atoms with Crippen LogP contribution in [0.5, 0.6) is 0 Å². The zero-order chi connectivity index (χ0) is 15.6. The van der Waals surface area contributed by atoms with Crippen LogP contribution in [0.2, 0.25) is 0 Å². The van der Waals surface area contributed by atoms with E-state index in [2.05, 4.69) is 0 Å². The van der Waals surface area contributed by atoms with Crippen molar-refractivity contribution in [2.75, 3.05) is 19.7 Å². The fraction of sp³-hybridized carbons (Fsp3) is 0.500. The van der Waals surface area contributed by atoms with E-state index >= 15 is 0 Å². The van der Waals surface area contributed by atoms with Crippen molar-refractivity contribution in [3.8, 4) is 0 Å². The molecule has 2 atom stereocenters. The predicted octanol–water partition coefficient (Wildman–Crippen LogP) is 1.93. The highest BCUT2D eigenvalue weighted by molar-refractivity contribution is 5.94. The van der Waals surface area contributed by atoms with Crippen LogP contribution in [0, 0.1) is 0 Å². The molecule has 7 heteroatoms. The van der Waals surface area contributed by atoms with E-state index in [1.807, 2.05) is 0 Å². The first-order chi connectivity index (χ1) is 9.81. The fourth-order valence-corrected chi connectivity index (χ4v) is 2.32. The van der Waals surface area contributed by atoms with E-state index in [4.69, 9.17) is 9.84 Å². The van der Waals surface area contributed by atoms with Crippen molar-refractivity contribution in [1.82, 2.24) is 4.90 Å². The van der Waals surface area contributed by atoms with Crippen molar-refractivity contribution in [1.29, 1.82) is 0 Å². The average molecular weight is 303 g/mol. The van der Waals surface area contributed by atoms with Crippen molar-refractivity contribution in [2.24, 2.45) is 0 Å². The molecule has 1 aliphatic rings. The van der Waals surface area contributed by atoms with Crippen LogP contribution in [-0.2, 0) is 10.9 Å². The summed E-state index contributed by atoms with van der Waals surface area (Å²) in [6, 6.07) is 4.33. The summed E-state index contributed by atoms with van der Waals surface area (Å²) in [5.74, 6) is -0.491. The molecule has 2 unspecified atom stereocenters. The van der Waals surface area contributed by atoms with E-state index in [0.717, 1.165) is 12.1 Å². The number of aliphatic hydroxyl groups excluding tert-OH is 1.